The first-order valence-electron chi connectivity index (χ1n) is 11.9. The van der Waals surface area contributed by atoms with Gasteiger partial charge in [0.25, 0.3) is 0 Å². The van der Waals surface area contributed by atoms with Crippen LogP contribution < -0.4 is 4.90 Å². The summed E-state index contributed by atoms with van der Waals surface area (Å²) in [5, 5.41) is 0. The second-order valence-corrected chi connectivity index (χ2v) is 9.79. The van der Waals surface area contributed by atoms with Crippen molar-refractivity contribution in [3.8, 4) is 0 Å². The molecule has 3 aliphatic rings. The summed E-state index contributed by atoms with van der Waals surface area (Å²) in [4.78, 5) is 56.1. The SMILES string of the molecule is CC(C)c1ccc([C@@H]2OC3(C(=O)c4ccccc4C3=O)[C@H]3C(=O)N(c4ccc(F)cc4)C(=O)[C@@H]23)cc1. The number of carbonyl (C=O) groups is 4. The van der Waals surface area contributed by atoms with E-state index < -0.39 is 52.7 Å². The molecule has 1 aliphatic carbocycles. The first kappa shape index (κ1) is 22.5. The van der Waals surface area contributed by atoms with Crippen molar-refractivity contribution >= 4 is 29.1 Å². The Morgan fingerprint density at radius 2 is 1.39 bits per heavy atom. The third-order valence-corrected chi connectivity index (χ3v) is 7.54. The summed E-state index contributed by atoms with van der Waals surface area (Å²) in [6.45, 7) is 4.11. The van der Waals surface area contributed by atoms with Gasteiger partial charge in [-0.05, 0) is 41.3 Å². The largest absolute Gasteiger partial charge is 0.349 e. The van der Waals surface area contributed by atoms with E-state index in [0.29, 0.717) is 5.56 Å². The number of benzene rings is 3. The predicted molar refractivity (Wildman–Crippen MR) is 128 cm³/mol. The van der Waals surface area contributed by atoms with Gasteiger partial charge in [0.1, 0.15) is 5.82 Å². The molecule has 3 aromatic rings. The van der Waals surface area contributed by atoms with Crippen molar-refractivity contribution in [2.75, 3.05) is 4.90 Å². The van der Waals surface area contributed by atoms with Gasteiger partial charge < -0.3 is 4.74 Å². The first-order valence-corrected chi connectivity index (χ1v) is 11.9. The van der Waals surface area contributed by atoms with E-state index >= 15 is 0 Å². The number of Topliss-reactive ketones (excluding diaryl/α,β-unsaturated/α-hetero) is 2. The highest BCUT2D eigenvalue weighted by atomic mass is 19.1. The molecular formula is C29H22FNO5. The molecule has 2 saturated heterocycles. The van der Waals surface area contributed by atoms with Crippen LogP contribution in [0.4, 0.5) is 10.1 Å². The fourth-order valence-electron chi connectivity index (χ4n) is 5.73. The summed E-state index contributed by atoms with van der Waals surface area (Å²) < 4.78 is 19.9. The maximum Gasteiger partial charge on any atom is 0.241 e. The van der Waals surface area contributed by atoms with Gasteiger partial charge in [0.2, 0.25) is 29.0 Å². The van der Waals surface area contributed by atoms with Crippen molar-refractivity contribution in [2.24, 2.45) is 11.8 Å². The molecule has 36 heavy (non-hydrogen) atoms. The number of rotatable bonds is 3. The van der Waals surface area contributed by atoms with Crippen molar-refractivity contribution in [3.05, 3.63) is 101 Å². The molecule has 0 saturated carbocycles. The quantitative estimate of drug-likeness (QED) is 0.400. The van der Waals surface area contributed by atoms with Gasteiger partial charge in [-0.1, -0.05) is 62.4 Å². The zero-order valence-electron chi connectivity index (χ0n) is 19.6. The topological polar surface area (TPSA) is 80.8 Å². The molecule has 0 radical (unpaired) electrons. The van der Waals surface area contributed by atoms with Gasteiger partial charge in [0, 0.05) is 11.1 Å². The summed E-state index contributed by atoms with van der Waals surface area (Å²) in [5.41, 5.74) is 0.0857. The van der Waals surface area contributed by atoms with Crippen molar-refractivity contribution in [2.45, 2.75) is 31.5 Å². The van der Waals surface area contributed by atoms with E-state index in [4.69, 9.17) is 4.74 Å². The maximum atomic E-state index is 13.8. The first-order chi connectivity index (χ1) is 17.3. The molecule has 180 valence electrons. The van der Waals surface area contributed by atoms with Crippen LogP contribution >= 0.6 is 0 Å². The van der Waals surface area contributed by atoms with Crippen LogP contribution in [0, 0.1) is 17.7 Å². The molecule has 2 amide bonds. The van der Waals surface area contributed by atoms with Crippen molar-refractivity contribution in [3.63, 3.8) is 0 Å². The van der Waals surface area contributed by atoms with E-state index in [1.807, 2.05) is 24.3 Å². The lowest BCUT2D eigenvalue weighted by Gasteiger charge is -2.27. The van der Waals surface area contributed by atoms with Crippen molar-refractivity contribution in [1.29, 1.82) is 0 Å². The highest BCUT2D eigenvalue weighted by molar-refractivity contribution is 6.37. The predicted octanol–water partition coefficient (Wildman–Crippen LogP) is 4.64. The van der Waals surface area contributed by atoms with E-state index in [1.165, 1.54) is 24.3 Å². The smallest absolute Gasteiger partial charge is 0.241 e. The van der Waals surface area contributed by atoms with E-state index in [9.17, 15) is 23.6 Å². The van der Waals surface area contributed by atoms with E-state index in [-0.39, 0.29) is 22.7 Å². The molecule has 2 aliphatic heterocycles. The minimum absolute atomic E-state index is 0.178. The molecule has 2 heterocycles. The Morgan fingerprint density at radius 3 is 1.94 bits per heavy atom. The van der Waals surface area contributed by atoms with Crippen LogP contribution in [0.2, 0.25) is 0 Å². The van der Waals surface area contributed by atoms with Gasteiger partial charge in [-0.3, -0.25) is 19.2 Å². The number of ether oxygens (including phenoxy) is 1. The molecule has 6 rings (SSSR count). The zero-order chi connectivity index (χ0) is 25.4. The Balaban J connectivity index is 1.52. The zero-order valence-corrected chi connectivity index (χ0v) is 19.6. The molecule has 0 aromatic heterocycles. The maximum absolute atomic E-state index is 13.8. The summed E-state index contributed by atoms with van der Waals surface area (Å²) >= 11 is 0. The molecule has 2 fully saturated rings. The lowest BCUT2D eigenvalue weighted by Crippen LogP contribution is -2.51. The van der Waals surface area contributed by atoms with Crippen LogP contribution in [0.5, 0.6) is 0 Å². The normalized spacial score (nSPS) is 24.2. The van der Waals surface area contributed by atoms with Gasteiger partial charge >= 0.3 is 0 Å². The van der Waals surface area contributed by atoms with Crippen molar-refractivity contribution in [1.82, 2.24) is 0 Å². The number of amides is 2. The molecule has 3 aromatic carbocycles. The van der Waals surface area contributed by atoms with Gasteiger partial charge in [-0.25, -0.2) is 9.29 Å². The fraction of sp³-hybridized carbons (Fsp3) is 0.241. The number of hydrogen-bond acceptors (Lipinski definition) is 5. The minimum Gasteiger partial charge on any atom is -0.349 e. The third kappa shape index (κ3) is 2.86. The van der Waals surface area contributed by atoms with Gasteiger partial charge in [0.15, 0.2) is 0 Å². The van der Waals surface area contributed by atoms with Crippen LogP contribution in [0.15, 0.2) is 72.8 Å². The molecule has 1 spiro atoms. The molecule has 7 heteroatoms. The average Bonchev–Trinajstić information content (AvgIpc) is 3.45. The second-order valence-electron chi connectivity index (χ2n) is 9.79. The van der Waals surface area contributed by atoms with Crippen LogP contribution in [-0.2, 0) is 14.3 Å². The van der Waals surface area contributed by atoms with Gasteiger partial charge in [0.05, 0.1) is 23.6 Å². The Kier molecular flexibility index (Phi) is 4.85. The van der Waals surface area contributed by atoms with E-state index in [0.717, 1.165) is 22.6 Å². The summed E-state index contributed by atoms with van der Waals surface area (Å²) in [5.74, 6) is -5.17. The molecule has 3 atom stereocenters. The van der Waals surface area contributed by atoms with Crippen LogP contribution in [0.25, 0.3) is 0 Å². The van der Waals surface area contributed by atoms with Crippen molar-refractivity contribution < 1.29 is 28.3 Å². The molecule has 0 bridgehead atoms. The van der Waals surface area contributed by atoms with Gasteiger partial charge in [-0.15, -0.1) is 0 Å². The lowest BCUT2D eigenvalue weighted by atomic mass is 9.77. The molecular weight excluding hydrogens is 461 g/mol. The van der Waals surface area contributed by atoms with Crippen LogP contribution in [0.3, 0.4) is 0 Å². The highest BCUT2D eigenvalue weighted by Crippen LogP contribution is 2.57. The number of imide groups is 1. The number of hydrogen-bond donors (Lipinski definition) is 0. The van der Waals surface area contributed by atoms with Gasteiger partial charge in [-0.2, -0.15) is 0 Å². The number of fused-ring (bicyclic) bond motifs is 3. The van der Waals surface area contributed by atoms with E-state index in [2.05, 4.69) is 13.8 Å². The minimum atomic E-state index is -2.13. The highest BCUT2D eigenvalue weighted by Gasteiger charge is 2.74. The Hall–Kier alpha value is -3.97. The standard InChI is InChI=1S/C29H22FNO5/c1-15(2)16-7-9-17(10-8-16)24-22-23(28(35)31(27(22)34)19-13-11-18(30)12-14-19)29(36-24)25(32)20-5-3-4-6-21(20)26(29)33/h3-15,22-24H,1-2H3/t22-,23-,24+/m1/s1. The summed E-state index contributed by atoms with van der Waals surface area (Å²) in [6.07, 6.45) is -0.986. The van der Waals surface area contributed by atoms with Crippen LogP contribution in [0.1, 0.15) is 57.7 Å². The molecule has 0 N–H and O–H groups in total. The number of halogens is 1. The lowest BCUT2D eigenvalue weighted by molar-refractivity contribution is -0.127. The number of carbonyl (C=O) groups excluding carboxylic acids is 4. The fourth-order valence-corrected chi connectivity index (χ4v) is 5.73. The van der Waals surface area contributed by atoms with E-state index in [1.54, 1.807) is 12.1 Å². The Bertz CT molecular complexity index is 1410. The third-order valence-electron chi connectivity index (χ3n) is 7.54. The average molecular weight is 483 g/mol. The monoisotopic (exact) mass is 483 g/mol. The van der Waals surface area contributed by atoms with Crippen LogP contribution in [-0.4, -0.2) is 29.0 Å². The summed E-state index contributed by atoms with van der Waals surface area (Å²) in [6, 6.07) is 18.8. The number of ketones is 2. The Morgan fingerprint density at radius 1 is 0.806 bits per heavy atom. The molecule has 6 nitrogen and oxygen atoms in total. The number of nitrogens with zero attached hydrogens (tertiary/aromatic N) is 1. The summed E-state index contributed by atoms with van der Waals surface area (Å²) in [7, 11) is 0. The molecule has 0 unspecified atom stereocenters. The Labute approximate surface area is 206 Å². The second kappa shape index (κ2) is 7.77. The number of anilines is 1.